The van der Waals surface area contributed by atoms with Crippen LogP contribution in [0.15, 0.2) is 54.6 Å². The molecule has 128 valence electrons. The second kappa shape index (κ2) is 8.83. The largest absolute Gasteiger partial charge is 0.489 e. The quantitative estimate of drug-likeness (QED) is 0.653. The van der Waals surface area contributed by atoms with Gasteiger partial charge in [-0.15, -0.1) is 0 Å². The van der Waals surface area contributed by atoms with E-state index in [2.05, 4.69) is 59.5 Å². The van der Waals surface area contributed by atoms with Crippen LogP contribution in [-0.2, 0) is 13.0 Å². The van der Waals surface area contributed by atoms with Gasteiger partial charge in [0.15, 0.2) is 0 Å². The van der Waals surface area contributed by atoms with Crippen LogP contribution in [0.25, 0.3) is 0 Å². The maximum atomic E-state index is 5.82. The van der Waals surface area contributed by atoms with Gasteiger partial charge in [-0.2, -0.15) is 0 Å². The zero-order valence-corrected chi connectivity index (χ0v) is 14.3. The lowest BCUT2D eigenvalue weighted by Crippen LogP contribution is -2.33. The van der Waals surface area contributed by atoms with E-state index in [1.165, 1.54) is 11.1 Å². The minimum atomic E-state index is 0.540. The van der Waals surface area contributed by atoms with Crippen LogP contribution in [0.4, 0.5) is 0 Å². The molecule has 0 amide bonds. The first-order valence-corrected chi connectivity index (χ1v) is 8.76. The fourth-order valence-corrected chi connectivity index (χ4v) is 2.91. The average molecular weight is 325 g/mol. The third kappa shape index (κ3) is 5.06. The Morgan fingerprint density at radius 2 is 1.83 bits per heavy atom. The van der Waals surface area contributed by atoms with Gasteiger partial charge in [0.05, 0.1) is 0 Å². The van der Waals surface area contributed by atoms with E-state index in [0.29, 0.717) is 18.6 Å². The lowest BCUT2D eigenvalue weighted by molar-refractivity contribution is 0.306. The van der Waals surface area contributed by atoms with Crippen molar-refractivity contribution in [2.75, 3.05) is 19.6 Å². The number of rotatable bonds is 8. The first-order valence-electron chi connectivity index (χ1n) is 8.76. The summed E-state index contributed by atoms with van der Waals surface area (Å²) in [7, 11) is 0. The van der Waals surface area contributed by atoms with Gasteiger partial charge in [-0.05, 0) is 43.1 Å². The van der Waals surface area contributed by atoms with E-state index in [0.717, 1.165) is 31.8 Å². The normalized spacial score (nSPS) is 20.2. The van der Waals surface area contributed by atoms with Gasteiger partial charge in [-0.3, -0.25) is 10.9 Å². The molecule has 2 unspecified atom stereocenters. The second-order valence-electron chi connectivity index (χ2n) is 6.45. The van der Waals surface area contributed by atoms with Crippen molar-refractivity contribution in [1.82, 2.24) is 16.2 Å². The second-order valence-corrected chi connectivity index (χ2v) is 6.45. The fourth-order valence-electron chi connectivity index (χ4n) is 2.91. The van der Waals surface area contributed by atoms with Gasteiger partial charge in [0, 0.05) is 25.0 Å². The van der Waals surface area contributed by atoms with E-state index in [4.69, 9.17) is 4.74 Å². The van der Waals surface area contributed by atoms with Crippen LogP contribution in [0.3, 0.4) is 0 Å². The zero-order chi connectivity index (χ0) is 16.6. The third-order valence-electron chi connectivity index (χ3n) is 4.57. The van der Waals surface area contributed by atoms with Crippen molar-refractivity contribution in [1.29, 1.82) is 0 Å². The SMILES string of the molecule is CC1NNCC1CNCCc1ccc(OCc2ccccc2)cc1. The predicted molar refractivity (Wildman–Crippen MR) is 97.9 cm³/mol. The number of hydrogen-bond acceptors (Lipinski definition) is 4. The fraction of sp³-hybridized carbons (Fsp3) is 0.400. The molecule has 1 heterocycles. The highest BCUT2D eigenvalue weighted by molar-refractivity contribution is 5.28. The van der Waals surface area contributed by atoms with Crippen LogP contribution < -0.4 is 20.9 Å². The topological polar surface area (TPSA) is 45.3 Å². The van der Waals surface area contributed by atoms with Crippen LogP contribution in [0.5, 0.6) is 5.75 Å². The molecule has 1 saturated heterocycles. The molecule has 4 nitrogen and oxygen atoms in total. The maximum Gasteiger partial charge on any atom is 0.119 e. The number of hydrazine groups is 1. The van der Waals surface area contributed by atoms with Gasteiger partial charge in [0.2, 0.25) is 0 Å². The monoisotopic (exact) mass is 325 g/mol. The van der Waals surface area contributed by atoms with E-state index < -0.39 is 0 Å². The standard InChI is InChI=1S/C20H27N3O/c1-16-19(14-22-23-16)13-21-12-11-17-7-9-20(10-8-17)24-15-18-5-3-2-4-6-18/h2-10,16,19,21-23H,11-15H2,1H3. The van der Waals surface area contributed by atoms with Gasteiger partial charge in [0.1, 0.15) is 12.4 Å². The zero-order valence-electron chi connectivity index (χ0n) is 14.3. The highest BCUT2D eigenvalue weighted by Crippen LogP contribution is 2.14. The molecule has 0 aliphatic carbocycles. The summed E-state index contributed by atoms with van der Waals surface area (Å²) in [6.07, 6.45) is 1.04. The van der Waals surface area contributed by atoms with Gasteiger partial charge in [-0.1, -0.05) is 42.5 Å². The lowest BCUT2D eigenvalue weighted by atomic mass is 10.0. The summed E-state index contributed by atoms with van der Waals surface area (Å²) in [5.74, 6) is 1.59. The number of ether oxygens (including phenoxy) is 1. The van der Waals surface area contributed by atoms with Crippen LogP contribution in [0.1, 0.15) is 18.1 Å². The maximum absolute atomic E-state index is 5.82. The van der Waals surface area contributed by atoms with E-state index in [-0.39, 0.29) is 0 Å². The molecular formula is C20H27N3O. The van der Waals surface area contributed by atoms with Crippen molar-refractivity contribution < 1.29 is 4.74 Å². The van der Waals surface area contributed by atoms with Crippen molar-refractivity contribution >= 4 is 0 Å². The van der Waals surface area contributed by atoms with Crippen LogP contribution in [0.2, 0.25) is 0 Å². The number of benzene rings is 2. The molecule has 2 aromatic rings. The van der Waals surface area contributed by atoms with E-state index in [9.17, 15) is 0 Å². The number of hydrogen-bond donors (Lipinski definition) is 3. The van der Waals surface area contributed by atoms with Crippen molar-refractivity contribution in [3.05, 3.63) is 65.7 Å². The summed E-state index contributed by atoms with van der Waals surface area (Å²) in [5, 5.41) is 3.56. The summed E-state index contributed by atoms with van der Waals surface area (Å²) >= 11 is 0. The Bertz CT molecular complexity index is 600. The minimum Gasteiger partial charge on any atom is -0.489 e. The summed E-state index contributed by atoms with van der Waals surface area (Å²) in [6.45, 7) is 5.94. The highest BCUT2D eigenvalue weighted by Gasteiger charge is 2.21. The Morgan fingerprint density at radius 1 is 1.04 bits per heavy atom. The molecule has 1 aliphatic heterocycles. The van der Waals surface area contributed by atoms with Crippen molar-refractivity contribution in [2.45, 2.75) is 26.0 Å². The summed E-state index contributed by atoms with van der Waals surface area (Å²) < 4.78 is 5.82. The van der Waals surface area contributed by atoms with Crippen LogP contribution in [0, 0.1) is 5.92 Å². The first-order chi connectivity index (χ1) is 11.8. The predicted octanol–water partition coefficient (Wildman–Crippen LogP) is 2.51. The summed E-state index contributed by atoms with van der Waals surface area (Å²) in [4.78, 5) is 0. The molecule has 0 radical (unpaired) electrons. The van der Waals surface area contributed by atoms with Crippen LogP contribution in [-0.4, -0.2) is 25.7 Å². The third-order valence-corrected chi connectivity index (χ3v) is 4.57. The number of nitrogens with one attached hydrogen (secondary N) is 3. The Kier molecular flexibility index (Phi) is 6.24. The molecule has 2 aromatic carbocycles. The Morgan fingerprint density at radius 3 is 2.54 bits per heavy atom. The molecule has 24 heavy (non-hydrogen) atoms. The first kappa shape index (κ1) is 17.0. The van der Waals surface area contributed by atoms with E-state index >= 15 is 0 Å². The molecule has 3 N–H and O–H groups in total. The van der Waals surface area contributed by atoms with Crippen molar-refractivity contribution in [2.24, 2.45) is 5.92 Å². The molecule has 1 aliphatic rings. The van der Waals surface area contributed by atoms with Gasteiger partial charge in [0.25, 0.3) is 0 Å². The molecular weight excluding hydrogens is 298 g/mol. The van der Waals surface area contributed by atoms with E-state index in [1.807, 2.05) is 18.2 Å². The van der Waals surface area contributed by atoms with Gasteiger partial charge in [-0.25, -0.2) is 0 Å². The van der Waals surface area contributed by atoms with E-state index in [1.54, 1.807) is 0 Å². The highest BCUT2D eigenvalue weighted by atomic mass is 16.5. The average Bonchev–Trinajstić information content (AvgIpc) is 3.04. The van der Waals surface area contributed by atoms with Crippen LogP contribution >= 0.6 is 0 Å². The minimum absolute atomic E-state index is 0.540. The van der Waals surface area contributed by atoms with Gasteiger partial charge >= 0.3 is 0 Å². The van der Waals surface area contributed by atoms with Gasteiger partial charge < -0.3 is 10.1 Å². The smallest absolute Gasteiger partial charge is 0.119 e. The molecule has 0 bridgehead atoms. The Labute approximate surface area is 144 Å². The van der Waals surface area contributed by atoms with Crippen molar-refractivity contribution in [3.63, 3.8) is 0 Å². The summed E-state index contributed by atoms with van der Waals surface area (Å²) in [5.41, 5.74) is 8.99. The molecule has 0 aromatic heterocycles. The molecule has 4 heteroatoms. The van der Waals surface area contributed by atoms with Crippen molar-refractivity contribution in [3.8, 4) is 5.75 Å². The summed E-state index contributed by atoms with van der Waals surface area (Å²) in [6, 6.07) is 19.2. The molecule has 1 fully saturated rings. The Balaban J connectivity index is 1.36. The lowest BCUT2D eigenvalue weighted by Gasteiger charge is -2.14. The molecule has 0 saturated carbocycles. The molecule has 3 rings (SSSR count). The molecule has 0 spiro atoms. The Hall–Kier alpha value is -1.88. The molecule has 2 atom stereocenters.